The van der Waals surface area contributed by atoms with Gasteiger partial charge in [-0.15, -0.1) is 0 Å². The summed E-state index contributed by atoms with van der Waals surface area (Å²) in [7, 11) is 1.67. The molecule has 118 valence electrons. The molecule has 0 bridgehead atoms. The third kappa shape index (κ3) is 4.54. The van der Waals surface area contributed by atoms with Crippen LogP contribution < -0.4 is 5.32 Å². The first-order chi connectivity index (χ1) is 10.1. The molecule has 0 saturated carbocycles. The number of carbonyl (C=O) groups is 1. The number of rotatable bonds is 6. The van der Waals surface area contributed by atoms with Crippen molar-refractivity contribution in [2.75, 3.05) is 25.6 Å². The maximum atomic E-state index is 12.2. The number of carbonyl (C=O) groups excluding carboxylic acids is 1. The Bertz CT molecular complexity index is 459. The van der Waals surface area contributed by atoms with E-state index in [2.05, 4.69) is 24.1 Å². The molecule has 0 spiro atoms. The minimum absolute atomic E-state index is 0.0000843. The van der Waals surface area contributed by atoms with Crippen LogP contribution in [0.4, 0.5) is 5.95 Å². The molecule has 21 heavy (non-hydrogen) atoms. The molecule has 0 radical (unpaired) electrons. The van der Waals surface area contributed by atoms with Gasteiger partial charge in [0.1, 0.15) is 0 Å². The molecule has 1 amide bonds. The van der Waals surface area contributed by atoms with Gasteiger partial charge in [-0.3, -0.25) is 10.1 Å². The standard InChI is InChI=1S/C15H25N3O3/c1-11(2)9-18-6-5-16-15(18)17-14(19)8-12-4-7-21-10-13(12)20-3/h5-6,11-13H,4,7-10H2,1-3H3,(H,16,17,19)/t12-,13+/m1/s1. The van der Waals surface area contributed by atoms with Gasteiger partial charge in [-0.05, 0) is 18.3 Å². The number of ether oxygens (including phenoxy) is 2. The number of anilines is 1. The molecule has 2 atom stereocenters. The SMILES string of the molecule is CO[C@H]1COCC[C@@H]1CC(=O)Nc1nccn1CC(C)C. The lowest BCUT2D eigenvalue weighted by Crippen LogP contribution is -2.36. The molecule has 1 N–H and O–H groups in total. The van der Waals surface area contributed by atoms with Gasteiger partial charge in [0.25, 0.3) is 0 Å². The van der Waals surface area contributed by atoms with E-state index in [0.29, 0.717) is 31.5 Å². The monoisotopic (exact) mass is 295 g/mol. The van der Waals surface area contributed by atoms with E-state index >= 15 is 0 Å². The van der Waals surface area contributed by atoms with Crippen molar-refractivity contribution >= 4 is 11.9 Å². The number of methoxy groups -OCH3 is 1. The van der Waals surface area contributed by atoms with Crippen LogP contribution in [0.25, 0.3) is 0 Å². The predicted molar refractivity (Wildman–Crippen MR) is 80.0 cm³/mol. The maximum absolute atomic E-state index is 12.2. The van der Waals surface area contributed by atoms with E-state index in [0.717, 1.165) is 13.0 Å². The van der Waals surface area contributed by atoms with E-state index in [-0.39, 0.29) is 17.9 Å². The number of imidazole rings is 1. The third-order valence-electron chi connectivity index (χ3n) is 3.72. The van der Waals surface area contributed by atoms with Crippen LogP contribution in [0.2, 0.25) is 0 Å². The quantitative estimate of drug-likeness (QED) is 0.871. The van der Waals surface area contributed by atoms with E-state index in [1.807, 2.05) is 10.8 Å². The Morgan fingerprint density at radius 1 is 1.62 bits per heavy atom. The van der Waals surface area contributed by atoms with Gasteiger partial charge in [-0.25, -0.2) is 4.98 Å². The van der Waals surface area contributed by atoms with Crippen molar-refractivity contribution in [3.8, 4) is 0 Å². The molecule has 1 aliphatic heterocycles. The first-order valence-corrected chi connectivity index (χ1v) is 7.51. The fraction of sp³-hybridized carbons (Fsp3) is 0.733. The largest absolute Gasteiger partial charge is 0.379 e. The summed E-state index contributed by atoms with van der Waals surface area (Å²) in [6.07, 6.45) is 4.90. The third-order valence-corrected chi connectivity index (χ3v) is 3.72. The van der Waals surface area contributed by atoms with Crippen LogP contribution in [0.5, 0.6) is 0 Å². The highest BCUT2D eigenvalue weighted by Gasteiger charge is 2.28. The second-order valence-corrected chi connectivity index (χ2v) is 5.95. The smallest absolute Gasteiger partial charge is 0.227 e. The fourth-order valence-electron chi connectivity index (χ4n) is 2.64. The van der Waals surface area contributed by atoms with Gasteiger partial charge in [0.05, 0.1) is 12.7 Å². The van der Waals surface area contributed by atoms with Crippen LogP contribution in [0.15, 0.2) is 12.4 Å². The Kier molecular flexibility index (Phi) is 5.76. The zero-order valence-electron chi connectivity index (χ0n) is 13.0. The lowest BCUT2D eigenvalue weighted by atomic mass is 9.93. The summed E-state index contributed by atoms with van der Waals surface area (Å²) < 4.78 is 12.7. The number of aromatic nitrogens is 2. The average molecular weight is 295 g/mol. The molecule has 1 fully saturated rings. The van der Waals surface area contributed by atoms with Crippen molar-refractivity contribution in [1.29, 1.82) is 0 Å². The Morgan fingerprint density at radius 2 is 2.43 bits per heavy atom. The molecule has 0 aromatic carbocycles. The Hall–Kier alpha value is -1.40. The molecular weight excluding hydrogens is 270 g/mol. The highest BCUT2D eigenvalue weighted by molar-refractivity contribution is 5.89. The Labute approximate surface area is 125 Å². The second kappa shape index (κ2) is 7.56. The van der Waals surface area contributed by atoms with Gasteiger partial charge >= 0.3 is 0 Å². The van der Waals surface area contributed by atoms with E-state index in [1.165, 1.54) is 0 Å². The molecule has 2 rings (SSSR count). The van der Waals surface area contributed by atoms with Crippen molar-refractivity contribution < 1.29 is 14.3 Å². The van der Waals surface area contributed by atoms with Crippen molar-refractivity contribution in [3.63, 3.8) is 0 Å². The average Bonchev–Trinajstić information content (AvgIpc) is 2.85. The molecule has 1 aromatic heterocycles. The first kappa shape index (κ1) is 16.0. The van der Waals surface area contributed by atoms with E-state index in [9.17, 15) is 4.79 Å². The van der Waals surface area contributed by atoms with Crippen molar-refractivity contribution in [2.24, 2.45) is 11.8 Å². The van der Waals surface area contributed by atoms with Crippen molar-refractivity contribution in [2.45, 2.75) is 39.3 Å². The molecule has 2 heterocycles. The van der Waals surface area contributed by atoms with Gasteiger partial charge in [-0.1, -0.05) is 13.8 Å². The van der Waals surface area contributed by atoms with Gasteiger partial charge < -0.3 is 14.0 Å². The highest BCUT2D eigenvalue weighted by atomic mass is 16.5. The summed E-state index contributed by atoms with van der Waals surface area (Å²) in [5, 5.41) is 2.90. The number of hydrogen-bond donors (Lipinski definition) is 1. The topological polar surface area (TPSA) is 65.4 Å². The second-order valence-electron chi connectivity index (χ2n) is 5.95. The molecule has 0 aliphatic carbocycles. The number of amides is 1. The Morgan fingerprint density at radius 3 is 3.14 bits per heavy atom. The first-order valence-electron chi connectivity index (χ1n) is 7.51. The lowest BCUT2D eigenvalue weighted by molar-refractivity contribution is -0.121. The van der Waals surface area contributed by atoms with Crippen LogP contribution >= 0.6 is 0 Å². The fourth-order valence-corrected chi connectivity index (χ4v) is 2.64. The van der Waals surface area contributed by atoms with Crippen molar-refractivity contribution in [3.05, 3.63) is 12.4 Å². The minimum atomic E-state index is -0.0137. The molecule has 0 unspecified atom stereocenters. The summed E-state index contributed by atoms with van der Waals surface area (Å²) in [6, 6.07) is 0. The molecular formula is C15H25N3O3. The highest BCUT2D eigenvalue weighted by Crippen LogP contribution is 2.22. The van der Waals surface area contributed by atoms with Crippen LogP contribution in [-0.2, 0) is 20.8 Å². The summed E-state index contributed by atoms with van der Waals surface area (Å²) in [5.41, 5.74) is 0. The Balaban J connectivity index is 1.90. The van der Waals surface area contributed by atoms with Crippen LogP contribution in [0.3, 0.4) is 0 Å². The van der Waals surface area contributed by atoms with Crippen LogP contribution in [0.1, 0.15) is 26.7 Å². The number of nitrogens with zero attached hydrogens (tertiary/aromatic N) is 2. The number of nitrogens with one attached hydrogen (secondary N) is 1. The van der Waals surface area contributed by atoms with Gasteiger partial charge in [0.15, 0.2) is 0 Å². The molecule has 1 aliphatic rings. The minimum Gasteiger partial charge on any atom is -0.379 e. The number of hydrogen-bond acceptors (Lipinski definition) is 4. The maximum Gasteiger partial charge on any atom is 0.227 e. The lowest BCUT2D eigenvalue weighted by Gasteiger charge is -2.29. The van der Waals surface area contributed by atoms with Crippen LogP contribution in [0, 0.1) is 11.8 Å². The molecule has 1 saturated heterocycles. The van der Waals surface area contributed by atoms with E-state index in [1.54, 1.807) is 13.3 Å². The molecule has 1 aromatic rings. The van der Waals surface area contributed by atoms with E-state index in [4.69, 9.17) is 9.47 Å². The van der Waals surface area contributed by atoms with Gasteiger partial charge in [0, 0.05) is 39.1 Å². The summed E-state index contributed by atoms with van der Waals surface area (Å²) in [4.78, 5) is 16.4. The van der Waals surface area contributed by atoms with Gasteiger partial charge in [-0.2, -0.15) is 0 Å². The molecule has 6 nitrogen and oxygen atoms in total. The predicted octanol–water partition coefficient (Wildman–Crippen LogP) is 1.92. The zero-order valence-corrected chi connectivity index (χ0v) is 13.0. The summed E-state index contributed by atoms with van der Waals surface area (Å²) in [6.45, 7) is 6.37. The zero-order chi connectivity index (χ0) is 15.2. The summed E-state index contributed by atoms with van der Waals surface area (Å²) >= 11 is 0. The summed E-state index contributed by atoms with van der Waals surface area (Å²) in [5.74, 6) is 1.32. The molecule has 6 heteroatoms. The van der Waals surface area contributed by atoms with E-state index < -0.39 is 0 Å². The normalized spacial score (nSPS) is 22.5. The van der Waals surface area contributed by atoms with Crippen LogP contribution in [-0.4, -0.2) is 41.9 Å². The van der Waals surface area contributed by atoms with Gasteiger partial charge in [0.2, 0.25) is 11.9 Å². The van der Waals surface area contributed by atoms with Crippen molar-refractivity contribution in [1.82, 2.24) is 9.55 Å².